The fraction of sp³-hybridized carbons (Fsp3) is 0.833. The maximum absolute atomic E-state index is 13.3. The fourth-order valence-corrected chi connectivity index (χ4v) is 6.95. The molecule has 7 nitrogen and oxygen atoms in total. The maximum atomic E-state index is 13.3. The van der Waals surface area contributed by atoms with Gasteiger partial charge in [-0.15, -0.1) is 0 Å². The van der Waals surface area contributed by atoms with Crippen LogP contribution in [0.4, 0.5) is 0 Å². The molecular weight excluding hydrogens is 394 g/mol. The van der Waals surface area contributed by atoms with Crippen LogP contribution in [0.5, 0.6) is 0 Å². The second kappa shape index (κ2) is 8.44. The van der Waals surface area contributed by atoms with E-state index in [0.717, 1.165) is 32.1 Å². The van der Waals surface area contributed by atoms with Crippen molar-refractivity contribution in [1.82, 2.24) is 10.6 Å². The van der Waals surface area contributed by atoms with E-state index in [0.29, 0.717) is 30.6 Å². The highest BCUT2D eigenvalue weighted by Gasteiger charge is 2.55. The Labute approximate surface area is 184 Å². The summed E-state index contributed by atoms with van der Waals surface area (Å²) in [7, 11) is 0. The normalized spacial score (nSPS) is 33.5. The molecule has 7 heteroatoms. The highest BCUT2D eigenvalue weighted by atomic mass is 16.5. The Balaban J connectivity index is 1.33. The van der Waals surface area contributed by atoms with Gasteiger partial charge in [-0.25, -0.2) is 4.79 Å². The number of hydrogen-bond donors (Lipinski definition) is 2. The van der Waals surface area contributed by atoms with Crippen LogP contribution in [0.1, 0.15) is 78.1 Å². The number of amides is 2. The van der Waals surface area contributed by atoms with Gasteiger partial charge < -0.3 is 15.4 Å². The summed E-state index contributed by atoms with van der Waals surface area (Å²) in [5.74, 6) is 0.733. The SMILES string of the molecule is CC(C)[C@@H](NC(=O)C12CC3CC(CC(C3)C1)C2)C(=O)OCC(=O)NC1(C#N)CCCC1. The first kappa shape index (κ1) is 22.1. The Bertz CT molecular complexity index is 743. The highest BCUT2D eigenvalue weighted by Crippen LogP contribution is 2.60. The molecule has 1 atom stereocenters. The maximum Gasteiger partial charge on any atom is 0.329 e. The lowest BCUT2D eigenvalue weighted by atomic mass is 9.49. The van der Waals surface area contributed by atoms with Crippen molar-refractivity contribution in [2.75, 3.05) is 6.61 Å². The van der Waals surface area contributed by atoms with Crippen LogP contribution in [0.25, 0.3) is 0 Å². The van der Waals surface area contributed by atoms with Crippen molar-refractivity contribution in [3.05, 3.63) is 0 Å². The summed E-state index contributed by atoms with van der Waals surface area (Å²) in [5, 5.41) is 15.1. The molecule has 4 bridgehead atoms. The highest BCUT2D eigenvalue weighted by molar-refractivity contribution is 5.89. The second-order valence-electron chi connectivity index (χ2n) is 10.9. The van der Waals surface area contributed by atoms with Crippen molar-refractivity contribution in [3.8, 4) is 6.07 Å². The van der Waals surface area contributed by atoms with Gasteiger partial charge in [0.1, 0.15) is 11.6 Å². The number of nitrogens with zero attached hydrogens (tertiary/aromatic N) is 1. The Hall–Kier alpha value is -2.10. The number of esters is 1. The van der Waals surface area contributed by atoms with E-state index >= 15 is 0 Å². The number of carbonyl (C=O) groups is 3. The van der Waals surface area contributed by atoms with Crippen LogP contribution in [-0.2, 0) is 19.1 Å². The largest absolute Gasteiger partial charge is 0.454 e. The predicted molar refractivity (Wildman–Crippen MR) is 113 cm³/mol. The Morgan fingerprint density at radius 3 is 2.06 bits per heavy atom. The van der Waals surface area contributed by atoms with Gasteiger partial charge in [0.15, 0.2) is 6.61 Å². The van der Waals surface area contributed by atoms with Crippen LogP contribution in [0.3, 0.4) is 0 Å². The zero-order valence-corrected chi connectivity index (χ0v) is 18.7. The third kappa shape index (κ3) is 4.44. The summed E-state index contributed by atoms with van der Waals surface area (Å²) in [4.78, 5) is 38.4. The average Bonchev–Trinajstić information content (AvgIpc) is 3.17. The lowest BCUT2D eigenvalue weighted by molar-refractivity contribution is -0.157. The fourth-order valence-electron chi connectivity index (χ4n) is 6.95. The molecule has 0 unspecified atom stereocenters. The van der Waals surface area contributed by atoms with Gasteiger partial charge in [0.2, 0.25) is 5.91 Å². The Morgan fingerprint density at radius 2 is 1.58 bits per heavy atom. The summed E-state index contributed by atoms with van der Waals surface area (Å²) in [6.45, 7) is 3.31. The third-order valence-electron chi connectivity index (χ3n) is 8.12. The van der Waals surface area contributed by atoms with E-state index in [4.69, 9.17) is 4.74 Å². The Morgan fingerprint density at radius 1 is 1.03 bits per heavy atom. The summed E-state index contributed by atoms with van der Waals surface area (Å²) >= 11 is 0. The molecule has 5 aliphatic rings. The minimum atomic E-state index is -0.840. The van der Waals surface area contributed by atoms with Gasteiger partial charge in [-0.05, 0) is 87.9 Å². The van der Waals surface area contributed by atoms with Crippen LogP contribution >= 0.6 is 0 Å². The number of carbonyl (C=O) groups excluding carboxylic acids is 3. The summed E-state index contributed by atoms with van der Waals surface area (Å²) in [6, 6.07) is 1.42. The second-order valence-corrected chi connectivity index (χ2v) is 10.9. The van der Waals surface area contributed by atoms with Crippen LogP contribution in [-0.4, -0.2) is 36.0 Å². The van der Waals surface area contributed by atoms with E-state index in [2.05, 4.69) is 16.7 Å². The van der Waals surface area contributed by atoms with Crippen LogP contribution in [0, 0.1) is 40.4 Å². The van der Waals surface area contributed by atoms with Crippen molar-refractivity contribution < 1.29 is 19.1 Å². The summed E-state index contributed by atoms with van der Waals surface area (Å²) < 4.78 is 5.27. The first-order valence-electron chi connectivity index (χ1n) is 11.9. The number of nitriles is 1. The van der Waals surface area contributed by atoms with E-state index in [1.165, 1.54) is 19.3 Å². The molecular formula is C24H35N3O4. The molecule has 2 amide bonds. The number of rotatable bonds is 7. The van der Waals surface area contributed by atoms with Gasteiger partial charge in [-0.1, -0.05) is 13.8 Å². The molecule has 0 radical (unpaired) electrons. The monoisotopic (exact) mass is 429 g/mol. The molecule has 31 heavy (non-hydrogen) atoms. The lowest BCUT2D eigenvalue weighted by Crippen LogP contribution is -2.57. The van der Waals surface area contributed by atoms with Crippen LogP contribution < -0.4 is 10.6 Å². The van der Waals surface area contributed by atoms with Crippen molar-refractivity contribution in [2.24, 2.45) is 29.1 Å². The lowest BCUT2D eigenvalue weighted by Gasteiger charge is -2.55. The zero-order valence-electron chi connectivity index (χ0n) is 18.7. The molecule has 0 aromatic heterocycles. The smallest absolute Gasteiger partial charge is 0.329 e. The molecule has 5 aliphatic carbocycles. The van der Waals surface area contributed by atoms with Crippen LogP contribution in [0.15, 0.2) is 0 Å². The quantitative estimate of drug-likeness (QED) is 0.605. The van der Waals surface area contributed by atoms with E-state index < -0.39 is 30.1 Å². The molecule has 0 heterocycles. The summed E-state index contributed by atoms with van der Waals surface area (Å²) in [6.07, 6.45) is 9.61. The first-order chi connectivity index (χ1) is 14.7. The third-order valence-corrected chi connectivity index (χ3v) is 8.12. The molecule has 0 aromatic carbocycles. The molecule has 0 spiro atoms. The molecule has 2 N–H and O–H groups in total. The molecule has 170 valence electrons. The van der Waals surface area contributed by atoms with E-state index in [9.17, 15) is 19.6 Å². The number of nitrogens with one attached hydrogen (secondary N) is 2. The molecule has 5 rings (SSSR count). The average molecular weight is 430 g/mol. The standard InChI is InChI=1S/C24H35N3O4/c1-15(2)20(21(29)31-13-19(28)27-24(14-25)5-3-4-6-24)26-22(30)23-10-16-7-17(11-23)9-18(8-16)12-23/h15-18,20H,3-13H2,1-2H3,(H,26,30)(H,27,28)/t16?,17?,18?,20-,23?/m1/s1. The zero-order chi connectivity index (χ0) is 22.2. The molecule has 0 aliphatic heterocycles. The van der Waals surface area contributed by atoms with Gasteiger partial charge in [-0.2, -0.15) is 5.26 Å². The topological polar surface area (TPSA) is 108 Å². The van der Waals surface area contributed by atoms with Crippen LogP contribution in [0.2, 0.25) is 0 Å². The van der Waals surface area contributed by atoms with E-state index in [1.54, 1.807) is 0 Å². The molecule has 5 saturated carbocycles. The molecule has 0 saturated heterocycles. The van der Waals surface area contributed by atoms with Gasteiger partial charge in [0, 0.05) is 5.41 Å². The van der Waals surface area contributed by atoms with Crippen molar-refractivity contribution in [3.63, 3.8) is 0 Å². The van der Waals surface area contributed by atoms with Gasteiger partial charge in [0.25, 0.3) is 5.91 Å². The Kier molecular flexibility index (Phi) is 6.02. The van der Waals surface area contributed by atoms with Gasteiger partial charge in [0.05, 0.1) is 6.07 Å². The minimum Gasteiger partial charge on any atom is -0.454 e. The minimum absolute atomic E-state index is 0.0129. The summed E-state index contributed by atoms with van der Waals surface area (Å²) in [5.41, 5.74) is -1.17. The van der Waals surface area contributed by atoms with Gasteiger partial charge in [-0.3, -0.25) is 9.59 Å². The van der Waals surface area contributed by atoms with Gasteiger partial charge >= 0.3 is 5.97 Å². The molecule has 5 fully saturated rings. The number of hydrogen-bond acceptors (Lipinski definition) is 5. The van der Waals surface area contributed by atoms with Crippen molar-refractivity contribution >= 4 is 17.8 Å². The van der Waals surface area contributed by atoms with E-state index in [-0.39, 0.29) is 17.2 Å². The number of ether oxygens (including phenoxy) is 1. The molecule has 0 aromatic rings. The first-order valence-corrected chi connectivity index (χ1v) is 11.9. The van der Waals surface area contributed by atoms with Crippen molar-refractivity contribution in [1.29, 1.82) is 5.26 Å². The predicted octanol–water partition coefficient (Wildman–Crippen LogP) is 2.84. The van der Waals surface area contributed by atoms with E-state index in [1.807, 2.05) is 13.8 Å². The van der Waals surface area contributed by atoms with Crippen molar-refractivity contribution in [2.45, 2.75) is 89.6 Å².